The molecule has 144 valence electrons. The van der Waals surface area contributed by atoms with Crippen molar-refractivity contribution in [2.24, 2.45) is 0 Å². The molecule has 0 radical (unpaired) electrons. The normalized spacial score (nSPS) is 11.3. The molecule has 0 fully saturated rings. The highest BCUT2D eigenvalue weighted by molar-refractivity contribution is 7.91. The van der Waals surface area contributed by atoms with Crippen LogP contribution in [0, 0.1) is 0 Å². The van der Waals surface area contributed by atoms with Gasteiger partial charge in [-0.25, -0.2) is 8.42 Å². The molecule has 5 heteroatoms. The molecular formula is C24H20N2O2S. The lowest BCUT2D eigenvalue weighted by Crippen LogP contribution is -2.08. The van der Waals surface area contributed by atoms with Gasteiger partial charge in [-0.1, -0.05) is 72.8 Å². The van der Waals surface area contributed by atoms with Crippen LogP contribution in [-0.4, -0.2) is 8.42 Å². The van der Waals surface area contributed by atoms with Crippen LogP contribution in [-0.2, 0) is 9.84 Å². The van der Waals surface area contributed by atoms with E-state index >= 15 is 0 Å². The summed E-state index contributed by atoms with van der Waals surface area (Å²) in [5.74, 6) is 0. The van der Waals surface area contributed by atoms with Gasteiger partial charge < -0.3 is 11.5 Å². The van der Waals surface area contributed by atoms with Gasteiger partial charge in [0.25, 0.3) is 0 Å². The molecule has 0 atom stereocenters. The van der Waals surface area contributed by atoms with Crippen molar-refractivity contribution in [3.63, 3.8) is 0 Å². The van der Waals surface area contributed by atoms with Crippen molar-refractivity contribution in [2.75, 3.05) is 11.5 Å². The number of nitrogens with two attached hydrogens (primary N) is 2. The molecule has 29 heavy (non-hydrogen) atoms. The molecule has 0 amide bonds. The first-order chi connectivity index (χ1) is 14.0. The van der Waals surface area contributed by atoms with Crippen molar-refractivity contribution in [3.8, 4) is 22.3 Å². The van der Waals surface area contributed by atoms with Crippen LogP contribution in [0.2, 0.25) is 0 Å². The van der Waals surface area contributed by atoms with Crippen LogP contribution in [0.4, 0.5) is 11.4 Å². The van der Waals surface area contributed by atoms with Crippen LogP contribution in [0.3, 0.4) is 0 Å². The number of rotatable bonds is 4. The quantitative estimate of drug-likeness (QED) is 0.471. The first kappa shape index (κ1) is 18.8. The van der Waals surface area contributed by atoms with Gasteiger partial charge in [-0.3, -0.25) is 0 Å². The van der Waals surface area contributed by atoms with Crippen LogP contribution in [0.5, 0.6) is 0 Å². The molecule has 0 bridgehead atoms. The van der Waals surface area contributed by atoms with E-state index in [1.165, 1.54) is 0 Å². The van der Waals surface area contributed by atoms with Gasteiger partial charge in [0.15, 0.2) is 0 Å². The lowest BCUT2D eigenvalue weighted by Gasteiger charge is -2.17. The number of sulfone groups is 1. The van der Waals surface area contributed by atoms with Gasteiger partial charge in [-0.05, 0) is 35.4 Å². The third-order valence-corrected chi connectivity index (χ3v) is 6.66. The maximum absolute atomic E-state index is 13.8. The SMILES string of the molecule is Nc1cccc(S(=O)(=O)c2cccc(N)c2-c2ccccc2)c1-c1ccccc1. The molecule has 0 aliphatic carbocycles. The molecule has 0 aliphatic rings. The molecule has 0 saturated carbocycles. The highest BCUT2D eigenvalue weighted by atomic mass is 32.2. The van der Waals surface area contributed by atoms with Gasteiger partial charge in [0, 0.05) is 22.5 Å². The highest BCUT2D eigenvalue weighted by Gasteiger charge is 2.27. The average Bonchev–Trinajstić information content (AvgIpc) is 2.74. The molecule has 0 heterocycles. The topological polar surface area (TPSA) is 86.2 Å². The van der Waals surface area contributed by atoms with Crippen molar-refractivity contribution in [1.29, 1.82) is 0 Å². The fourth-order valence-corrected chi connectivity index (χ4v) is 5.25. The van der Waals surface area contributed by atoms with Gasteiger partial charge in [0.1, 0.15) is 0 Å². The summed E-state index contributed by atoms with van der Waals surface area (Å²) in [6, 6.07) is 28.5. The van der Waals surface area contributed by atoms with Gasteiger partial charge in [0.05, 0.1) is 9.79 Å². The van der Waals surface area contributed by atoms with Gasteiger partial charge in [-0.2, -0.15) is 0 Å². The lowest BCUT2D eigenvalue weighted by atomic mass is 10.0. The van der Waals surface area contributed by atoms with E-state index in [9.17, 15) is 8.42 Å². The molecule has 0 saturated heterocycles. The molecule has 0 aliphatic heterocycles. The first-order valence-corrected chi connectivity index (χ1v) is 10.6. The summed E-state index contributed by atoms with van der Waals surface area (Å²) in [6.45, 7) is 0. The van der Waals surface area contributed by atoms with E-state index in [0.717, 1.165) is 11.1 Å². The summed E-state index contributed by atoms with van der Waals surface area (Å²) in [5.41, 5.74) is 15.7. The highest BCUT2D eigenvalue weighted by Crippen LogP contribution is 2.40. The molecule has 4 N–H and O–H groups in total. The Morgan fingerprint density at radius 3 is 1.24 bits per heavy atom. The lowest BCUT2D eigenvalue weighted by molar-refractivity contribution is 0.596. The monoisotopic (exact) mass is 400 g/mol. The Kier molecular flexibility index (Phi) is 4.82. The summed E-state index contributed by atoms with van der Waals surface area (Å²) in [5, 5.41) is 0. The van der Waals surface area contributed by atoms with Crippen LogP contribution in [0.1, 0.15) is 0 Å². The molecule has 0 unspecified atom stereocenters. The van der Waals surface area contributed by atoms with E-state index in [-0.39, 0.29) is 9.79 Å². The third kappa shape index (κ3) is 3.37. The maximum Gasteiger partial charge on any atom is 0.207 e. The minimum Gasteiger partial charge on any atom is -0.398 e. The molecule has 4 aromatic carbocycles. The van der Waals surface area contributed by atoms with E-state index in [1.807, 2.05) is 60.7 Å². The summed E-state index contributed by atoms with van der Waals surface area (Å²) in [4.78, 5) is 0.318. The number of hydrogen-bond donors (Lipinski definition) is 2. The number of nitrogen functional groups attached to an aromatic ring is 2. The Balaban J connectivity index is 2.01. The second-order valence-corrected chi connectivity index (χ2v) is 8.56. The Morgan fingerprint density at radius 2 is 0.862 bits per heavy atom. The van der Waals surface area contributed by atoms with E-state index in [1.54, 1.807) is 36.4 Å². The summed E-state index contributed by atoms with van der Waals surface area (Å²) in [7, 11) is -3.90. The molecule has 0 spiro atoms. The zero-order valence-electron chi connectivity index (χ0n) is 15.6. The van der Waals surface area contributed by atoms with Crippen molar-refractivity contribution in [1.82, 2.24) is 0 Å². The number of benzene rings is 4. The van der Waals surface area contributed by atoms with Crippen molar-refractivity contribution in [2.45, 2.75) is 9.79 Å². The molecule has 0 aromatic heterocycles. The minimum atomic E-state index is -3.90. The van der Waals surface area contributed by atoms with Crippen LogP contribution in [0.15, 0.2) is 107 Å². The van der Waals surface area contributed by atoms with Crippen molar-refractivity contribution in [3.05, 3.63) is 97.1 Å². The van der Waals surface area contributed by atoms with Crippen molar-refractivity contribution < 1.29 is 8.42 Å². The number of anilines is 2. The molecule has 4 rings (SSSR count). The molecule has 4 nitrogen and oxygen atoms in total. The zero-order chi connectivity index (χ0) is 20.4. The summed E-state index contributed by atoms with van der Waals surface area (Å²) < 4.78 is 27.6. The second-order valence-electron chi connectivity index (χ2n) is 6.68. The zero-order valence-corrected chi connectivity index (χ0v) is 16.4. The third-order valence-electron chi connectivity index (χ3n) is 4.82. The van der Waals surface area contributed by atoms with E-state index < -0.39 is 9.84 Å². The minimum absolute atomic E-state index is 0.159. The van der Waals surface area contributed by atoms with Crippen LogP contribution in [0.25, 0.3) is 22.3 Å². The first-order valence-electron chi connectivity index (χ1n) is 9.13. The Morgan fingerprint density at radius 1 is 0.483 bits per heavy atom. The van der Waals surface area contributed by atoms with Crippen LogP contribution < -0.4 is 11.5 Å². The molecular weight excluding hydrogens is 380 g/mol. The predicted octanol–water partition coefficient (Wildman–Crippen LogP) is 5.02. The fraction of sp³-hybridized carbons (Fsp3) is 0. The van der Waals surface area contributed by atoms with Gasteiger partial charge >= 0.3 is 0 Å². The largest absolute Gasteiger partial charge is 0.398 e. The summed E-state index contributed by atoms with van der Waals surface area (Å²) in [6.07, 6.45) is 0. The van der Waals surface area contributed by atoms with E-state index in [4.69, 9.17) is 11.5 Å². The second kappa shape index (κ2) is 7.45. The predicted molar refractivity (Wildman–Crippen MR) is 118 cm³/mol. The standard InChI is InChI=1S/C24H20N2O2S/c25-19-13-7-15-21(23(19)17-9-3-1-4-10-17)29(27,28)22-16-8-14-20(26)24(22)18-11-5-2-6-12-18/h1-16H,25-26H2. The summed E-state index contributed by atoms with van der Waals surface area (Å²) >= 11 is 0. The van der Waals surface area contributed by atoms with Crippen LogP contribution >= 0.6 is 0 Å². The number of hydrogen-bond acceptors (Lipinski definition) is 4. The smallest absolute Gasteiger partial charge is 0.207 e. The maximum atomic E-state index is 13.8. The van der Waals surface area contributed by atoms with Gasteiger partial charge in [-0.15, -0.1) is 0 Å². The fourth-order valence-electron chi connectivity index (χ4n) is 3.49. The average molecular weight is 401 g/mol. The Bertz CT molecular complexity index is 1170. The van der Waals surface area contributed by atoms with Crippen molar-refractivity contribution >= 4 is 21.2 Å². The van der Waals surface area contributed by atoms with E-state index in [0.29, 0.717) is 22.5 Å². The Hall–Kier alpha value is -3.57. The van der Waals surface area contributed by atoms with Gasteiger partial charge in [0.2, 0.25) is 9.84 Å². The molecule has 4 aromatic rings. The Labute approximate surface area is 170 Å². The van der Waals surface area contributed by atoms with E-state index in [2.05, 4.69) is 0 Å².